The van der Waals surface area contributed by atoms with Gasteiger partial charge in [-0.2, -0.15) is 5.10 Å². The van der Waals surface area contributed by atoms with E-state index in [-0.39, 0.29) is 19.1 Å². The van der Waals surface area contributed by atoms with Gasteiger partial charge in [-0.25, -0.2) is 5.43 Å². The van der Waals surface area contributed by atoms with Crippen molar-refractivity contribution in [2.75, 3.05) is 32.9 Å². The van der Waals surface area contributed by atoms with Crippen LogP contribution >= 0.6 is 11.6 Å². The second kappa shape index (κ2) is 12.7. The van der Waals surface area contributed by atoms with Crippen molar-refractivity contribution in [3.63, 3.8) is 0 Å². The van der Waals surface area contributed by atoms with Gasteiger partial charge in [0.1, 0.15) is 5.75 Å². The molecule has 2 aromatic carbocycles. The molecule has 33 heavy (non-hydrogen) atoms. The van der Waals surface area contributed by atoms with E-state index in [9.17, 15) is 9.59 Å². The Balaban J connectivity index is 1.52. The third-order valence-corrected chi connectivity index (χ3v) is 5.24. The molecule has 0 atom stereocenters. The Morgan fingerprint density at radius 1 is 1.00 bits per heavy atom. The number of hydrogen-bond acceptors (Lipinski definition) is 6. The highest BCUT2D eigenvalue weighted by Crippen LogP contribution is 2.28. The highest BCUT2D eigenvalue weighted by atomic mass is 35.5. The Morgan fingerprint density at radius 2 is 1.76 bits per heavy atom. The first-order valence-electron chi connectivity index (χ1n) is 10.9. The maximum Gasteiger partial charge on any atom is 0.277 e. The summed E-state index contributed by atoms with van der Waals surface area (Å²) < 4.78 is 16.8. The second-order valence-corrected chi connectivity index (χ2v) is 7.79. The summed E-state index contributed by atoms with van der Waals surface area (Å²) in [6.45, 7) is 3.62. The Hall–Kier alpha value is -3.26. The number of halogens is 1. The van der Waals surface area contributed by atoms with E-state index >= 15 is 0 Å². The normalized spacial score (nSPS) is 13.6. The Labute approximate surface area is 198 Å². The molecule has 0 radical (unpaired) electrons. The van der Waals surface area contributed by atoms with E-state index in [1.165, 1.54) is 6.21 Å². The van der Waals surface area contributed by atoms with Gasteiger partial charge in [-0.3, -0.25) is 9.59 Å². The minimum atomic E-state index is -0.424. The molecule has 1 N–H and O–H groups in total. The monoisotopic (exact) mass is 473 g/mol. The lowest BCUT2D eigenvalue weighted by atomic mass is 10.1. The maximum atomic E-state index is 12.4. The lowest BCUT2D eigenvalue weighted by Gasteiger charge is -2.26. The van der Waals surface area contributed by atoms with Gasteiger partial charge in [0, 0.05) is 13.1 Å². The molecule has 1 fully saturated rings. The molecule has 1 aliphatic heterocycles. The molecule has 9 heteroatoms. The first-order valence-corrected chi connectivity index (χ1v) is 11.3. The summed E-state index contributed by atoms with van der Waals surface area (Å²) in [5, 5.41) is 4.38. The van der Waals surface area contributed by atoms with Crippen molar-refractivity contribution >= 4 is 29.6 Å². The van der Waals surface area contributed by atoms with Crippen LogP contribution in [0.5, 0.6) is 17.2 Å². The van der Waals surface area contributed by atoms with Crippen LogP contribution in [-0.2, 0) is 9.59 Å². The van der Waals surface area contributed by atoms with Crippen LogP contribution in [-0.4, -0.2) is 55.8 Å². The van der Waals surface area contributed by atoms with Gasteiger partial charge in [0.25, 0.3) is 11.8 Å². The number of hydrazone groups is 1. The number of carbonyl (C=O) groups excluding carboxylic acids is 2. The number of ether oxygens (including phenoxy) is 3. The molecule has 176 valence electrons. The van der Waals surface area contributed by atoms with E-state index in [1.54, 1.807) is 42.5 Å². The number of benzene rings is 2. The van der Waals surface area contributed by atoms with Crippen molar-refractivity contribution in [3.05, 3.63) is 53.1 Å². The number of nitrogens with zero attached hydrogens (tertiary/aromatic N) is 2. The smallest absolute Gasteiger partial charge is 0.277 e. The third kappa shape index (κ3) is 7.68. The standard InChI is InChI=1S/C24H28ClN3O5/c1-2-31-22-14-18(10-11-21(22)33-17-24(30)28-12-6-3-7-13-28)15-26-27-23(29)16-32-20-9-5-4-8-19(20)25/h4-5,8-11,14-15H,2-3,6-7,12-13,16-17H2,1H3,(H,27,29)/b26-15+. The van der Waals surface area contributed by atoms with E-state index in [0.29, 0.717) is 34.4 Å². The van der Waals surface area contributed by atoms with E-state index in [1.807, 2.05) is 11.8 Å². The zero-order valence-corrected chi connectivity index (χ0v) is 19.3. The van der Waals surface area contributed by atoms with Gasteiger partial charge in [-0.1, -0.05) is 23.7 Å². The molecule has 3 rings (SSSR count). The summed E-state index contributed by atoms with van der Waals surface area (Å²) in [5.74, 6) is 0.962. The molecule has 2 aromatic rings. The van der Waals surface area contributed by atoms with Gasteiger partial charge in [0.2, 0.25) is 0 Å². The number of hydrogen-bond donors (Lipinski definition) is 1. The van der Waals surface area contributed by atoms with Gasteiger partial charge < -0.3 is 19.1 Å². The van der Waals surface area contributed by atoms with E-state index < -0.39 is 5.91 Å². The number of para-hydroxylation sites is 1. The van der Waals surface area contributed by atoms with Crippen LogP contribution in [0.15, 0.2) is 47.6 Å². The number of rotatable bonds is 10. The van der Waals surface area contributed by atoms with Crippen molar-refractivity contribution in [2.45, 2.75) is 26.2 Å². The average Bonchev–Trinajstić information content (AvgIpc) is 2.83. The molecule has 1 heterocycles. The predicted molar refractivity (Wildman–Crippen MR) is 126 cm³/mol. The second-order valence-electron chi connectivity index (χ2n) is 7.38. The van der Waals surface area contributed by atoms with Crippen molar-refractivity contribution < 1.29 is 23.8 Å². The third-order valence-electron chi connectivity index (χ3n) is 4.93. The summed E-state index contributed by atoms with van der Waals surface area (Å²) in [6.07, 6.45) is 4.72. The summed E-state index contributed by atoms with van der Waals surface area (Å²) >= 11 is 6.00. The van der Waals surface area contributed by atoms with E-state index in [4.69, 9.17) is 25.8 Å². The van der Waals surface area contributed by atoms with Crippen molar-refractivity contribution in [1.29, 1.82) is 0 Å². The van der Waals surface area contributed by atoms with E-state index in [2.05, 4.69) is 10.5 Å². The van der Waals surface area contributed by atoms with Crippen LogP contribution < -0.4 is 19.6 Å². The number of carbonyl (C=O) groups is 2. The van der Waals surface area contributed by atoms with Crippen LogP contribution in [0.25, 0.3) is 0 Å². The summed E-state index contributed by atoms with van der Waals surface area (Å²) in [5.41, 5.74) is 3.10. The van der Waals surface area contributed by atoms with Crippen LogP contribution in [0.1, 0.15) is 31.7 Å². The average molecular weight is 474 g/mol. The fourth-order valence-electron chi connectivity index (χ4n) is 3.28. The van der Waals surface area contributed by atoms with Gasteiger partial charge in [-0.05, 0) is 62.1 Å². The number of piperidine rings is 1. The number of amides is 2. The van der Waals surface area contributed by atoms with Crippen LogP contribution in [0.4, 0.5) is 0 Å². The van der Waals surface area contributed by atoms with E-state index in [0.717, 1.165) is 32.4 Å². The molecular formula is C24H28ClN3O5. The predicted octanol–water partition coefficient (Wildman–Crippen LogP) is 3.66. The molecule has 0 unspecified atom stereocenters. The minimum Gasteiger partial charge on any atom is -0.490 e. The van der Waals surface area contributed by atoms with Crippen molar-refractivity contribution in [3.8, 4) is 17.2 Å². The quantitative estimate of drug-likeness (QED) is 0.420. The maximum absolute atomic E-state index is 12.4. The van der Waals surface area contributed by atoms with Crippen LogP contribution in [0.3, 0.4) is 0 Å². The molecule has 8 nitrogen and oxygen atoms in total. The highest BCUT2D eigenvalue weighted by Gasteiger charge is 2.17. The Kier molecular flexibility index (Phi) is 9.38. The zero-order chi connectivity index (χ0) is 23.5. The minimum absolute atomic E-state index is 0.0236. The molecule has 0 aliphatic carbocycles. The number of nitrogens with one attached hydrogen (secondary N) is 1. The van der Waals surface area contributed by atoms with Crippen molar-refractivity contribution in [1.82, 2.24) is 10.3 Å². The largest absolute Gasteiger partial charge is 0.490 e. The van der Waals surface area contributed by atoms with Crippen LogP contribution in [0.2, 0.25) is 5.02 Å². The summed E-state index contributed by atoms with van der Waals surface area (Å²) in [4.78, 5) is 26.1. The molecule has 0 saturated carbocycles. The van der Waals surface area contributed by atoms with Crippen molar-refractivity contribution in [2.24, 2.45) is 5.10 Å². The van der Waals surface area contributed by atoms with Gasteiger partial charge in [0.05, 0.1) is 17.8 Å². The van der Waals surface area contributed by atoms with Crippen LogP contribution in [0, 0.1) is 0 Å². The molecule has 0 spiro atoms. The fraction of sp³-hybridized carbons (Fsp3) is 0.375. The molecule has 1 saturated heterocycles. The SMILES string of the molecule is CCOc1cc(/C=N/NC(=O)COc2ccccc2Cl)ccc1OCC(=O)N1CCCCC1. The molecule has 0 aromatic heterocycles. The summed E-state index contributed by atoms with van der Waals surface area (Å²) in [6, 6.07) is 12.1. The first kappa shape index (κ1) is 24.4. The molecule has 0 bridgehead atoms. The lowest BCUT2D eigenvalue weighted by molar-refractivity contribution is -0.134. The Morgan fingerprint density at radius 3 is 2.52 bits per heavy atom. The summed E-state index contributed by atoms with van der Waals surface area (Å²) in [7, 11) is 0. The first-order chi connectivity index (χ1) is 16.1. The molecular weight excluding hydrogens is 446 g/mol. The molecule has 2 amide bonds. The number of likely N-dealkylation sites (tertiary alicyclic amines) is 1. The van der Waals surface area contributed by atoms with Gasteiger partial charge >= 0.3 is 0 Å². The Bertz CT molecular complexity index is 976. The molecule has 1 aliphatic rings. The van der Waals surface area contributed by atoms with Gasteiger partial charge in [0.15, 0.2) is 24.7 Å². The fourth-order valence-corrected chi connectivity index (χ4v) is 3.47. The topological polar surface area (TPSA) is 89.5 Å². The highest BCUT2D eigenvalue weighted by molar-refractivity contribution is 6.32. The zero-order valence-electron chi connectivity index (χ0n) is 18.6. The lowest BCUT2D eigenvalue weighted by Crippen LogP contribution is -2.38. The van der Waals surface area contributed by atoms with Gasteiger partial charge in [-0.15, -0.1) is 0 Å².